The van der Waals surface area contributed by atoms with Crippen LogP contribution in [-0.4, -0.2) is 37.0 Å². The van der Waals surface area contributed by atoms with Gasteiger partial charge >= 0.3 is 5.97 Å². The van der Waals surface area contributed by atoms with Gasteiger partial charge in [-0.2, -0.15) is 4.37 Å². The zero-order valence-electron chi connectivity index (χ0n) is 13.0. The summed E-state index contributed by atoms with van der Waals surface area (Å²) in [7, 11) is 3.20. The van der Waals surface area contributed by atoms with Crippen LogP contribution in [0.4, 0.5) is 10.7 Å². The highest BCUT2D eigenvalue weighted by atomic mass is 32.1. The van der Waals surface area contributed by atoms with Gasteiger partial charge in [0.1, 0.15) is 16.3 Å². The molecule has 0 aliphatic carbocycles. The fraction of sp³-hybridized carbons (Fsp3) is 0.267. The molecule has 1 amide bonds. The number of carbonyl (C=O) groups is 2. The number of nitrogens with zero attached hydrogens (tertiary/aromatic N) is 1. The number of hydrogen-bond donors (Lipinski definition) is 2. The Bertz CT molecular complexity index is 714. The average molecular weight is 335 g/mol. The van der Waals surface area contributed by atoms with E-state index in [1.54, 1.807) is 38.2 Å². The Kier molecular flexibility index (Phi) is 5.53. The number of para-hydroxylation sites is 2. The number of hydrogen-bond acceptors (Lipinski definition) is 7. The molecule has 0 saturated heterocycles. The first-order valence-corrected chi connectivity index (χ1v) is 7.58. The van der Waals surface area contributed by atoms with Crippen molar-refractivity contribution in [2.45, 2.75) is 6.92 Å². The van der Waals surface area contributed by atoms with E-state index < -0.39 is 18.5 Å². The summed E-state index contributed by atoms with van der Waals surface area (Å²) in [6.07, 6.45) is 0. The smallest absolute Gasteiger partial charge is 0.343 e. The molecule has 0 saturated carbocycles. The molecule has 1 aromatic carbocycles. The van der Waals surface area contributed by atoms with E-state index in [-0.39, 0.29) is 0 Å². The lowest BCUT2D eigenvalue weighted by Gasteiger charge is -2.10. The molecule has 0 aliphatic rings. The van der Waals surface area contributed by atoms with Gasteiger partial charge in [-0.05, 0) is 30.6 Å². The molecule has 0 unspecified atom stereocenters. The summed E-state index contributed by atoms with van der Waals surface area (Å²) < 4.78 is 14.3. The third kappa shape index (κ3) is 3.98. The predicted molar refractivity (Wildman–Crippen MR) is 88.3 cm³/mol. The SMILES string of the molecule is CNc1snc(C)c1C(=O)OCC(=O)Nc1ccccc1OC. The van der Waals surface area contributed by atoms with Crippen LogP contribution in [0.1, 0.15) is 16.1 Å². The molecule has 0 atom stereocenters. The number of methoxy groups -OCH3 is 1. The molecular formula is C15H17N3O4S. The molecule has 0 bridgehead atoms. The van der Waals surface area contributed by atoms with Crippen LogP contribution < -0.4 is 15.4 Å². The Morgan fingerprint density at radius 3 is 2.74 bits per heavy atom. The van der Waals surface area contributed by atoms with Gasteiger partial charge in [-0.25, -0.2) is 4.79 Å². The lowest BCUT2D eigenvalue weighted by Crippen LogP contribution is -2.21. The van der Waals surface area contributed by atoms with Crippen molar-refractivity contribution in [1.29, 1.82) is 0 Å². The first-order valence-electron chi connectivity index (χ1n) is 6.80. The van der Waals surface area contributed by atoms with Gasteiger partial charge in [0.15, 0.2) is 6.61 Å². The van der Waals surface area contributed by atoms with Crippen molar-refractivity contribution >= 4 is 34.1 Å². The van der Waals surface area contributed by atoms with Crippen LogP contribution in [0, 0.1) is 6.92 Å². The Morgan fingerprint density at radius 2 is 2.04 bits per heavy atom. The van der Waals surface area contributed by atoms with Crippen molar-refractivity contribution in [2.24, 2.45) is 0 Å². The second kappa shape index (κ2) is 7.59. The molecule has 23 heavy (non-hydrogen) atoms. The van der Waals surface area contributed by atoms with Crippen LogP contribution in [0.15, 0.2) is 24.3 Å². The maximum absolute atomic E-state index is 12.1. The summed E-state index contributed by atoms with van der Waals surface area (Å²) in [5.74, 6) is -0.506. The lowest BCUT2D eigenvalue weighted by atomic mass is 10.2. The molecule has 7 nitrogen and oxygen atoms in total. The number of esters is 1. The van der Waals surface area contributed by atoms with E-state index in [0.717, 1.165) is 0 Å². The van der Waals surface area contributed by atoms with Crippen LogP contribution in [0.3, 0.4) is 0 Å². The van der Waals surface area contributed by atoms with E-state index in [2.05, 4.69) is 15.0 Å². The summed E-state index contributed by atoms with van der Waals surface area (Å²) in [6, 6.07) is 6.98. The molecule has 8 heteroatoms. The van der Waals surface area contributed by atoms with E-state index in [1.807, 2.05) is 0 Å². The van der Waals surface area contributed by atoms with Crippen LogP contribution >= 0.6 is 11.5 Å². The van der Waals surface area contributed by atoms with E-state index >= 15 is 0 Å². The molecule has 0 fully saturated rings. The largest absolute Gasteiger partial charge is 0.495 e. The molecule has 0 radical (unpaired) electrons. The first kappa shape index (κ1) is 16.8. The highest BCUT2D eigenvalue weighted by Crippen LogP contribution is 2.25. The number of aromatic nitrogens is 1. The molecule has 0 aliphatic heterocycles. The fourth-order valence-electron chi connectivity index (χ4n) is 1.92. The first-order chi connectivity index (χ1) is 11.1. The van der Waals surface area contributed by atoms with Gasteiger partial charge in [-0.15, -0.1) is 0 Å². The topological polar surface area (TPSA) is 89.5 Å². The molecule has 2 aromatic rings. The van der Waals surface area contributed by atoms with E-state index in [9.17, 15) is 9.59 Å². The highest BCUT2D eigenvalue weighted by molar-refractivity contribution is 7.10. The Balaban J connectivity index is 1.96. The van der Waals surface area contributed by atoms with Gasteiger partial charge in [-0.3, -0.25) is 4.79 Å². The van der Waals surface area contributed by atoms with Gasteiger partial charge in [-0.1, -0.05) is 12.1 Å². The molecule has 1 heterocycles. The minimum absolute atomic E-state index is 0.350. The van der Waals surface area contributed by atoms with Crippen molar-refractivity contribution in [1.82, 2.24) is 4.37 Å². The maximum Gasteiger partial charge on any atom is 0.343 e. The summed E-state index contributed by atoms with van der Waals surface area (Å²) in [5, 5.41) is 6.12. The Hall–Kier alpha value is -2.61. The molecule has 1 aromatic heterocycles. The minimum atomic E-state index is -0.587. The minimum Gasteiger partial charge on any atom is -0.495 e. The highest BCUT2D eigenvalue weighted by Gasteiger charge is 2.20. The van der Waals surface area contributed by atoms with Crippen LogP contribution in [0.5, 0.6) is 5.75 Å². The van der Waals surface area contributed by atoms with Gasteiger partial charge in [0, 0.05) is 7.05 Å². The summed E-state index contributed by atoms with van der Waals surface area (Å²) in [4.78, 5) is 24.0. The lowest BCUT2D eigenvalue weighted by molar-refractivity contribution is -0.119. The van der Waals surface area contributed by atoms with Crippen molar-refractivity contribution in [2.75, 3.05) is 31.4 Å². The van der Waals surface area contributed by atoms with Gasteiger partial charge in [0.2, 0.25) is 0 Å². The Morgan fingerprint density at radius 1 is 1.30 bits per heavy atom. The van der Waals surface area contributed by atoms with E-state index in [0.29, 0.717) is 27.7 Å². The van der Waals surface area contributed by atoms with Crippen molar-refractivity contribution < 1.29 is 19.1 Å². The van der Waals surface area contributed by atoms with Gasteiger partial charge < -0.3 is 20.1 Å². The number of aryl methyl sites for hydroxylation is 1. The maximum atomic E-state index is 12.1. The third-order valence-corrected chi connectivity index (χ3v) is 3.97. The van der Waals surface area contributed by atoms with Crippen molar-refractivity contribution in [3.63, 3.8) is 0 Å². The zero-order chi connectivity index (χ0) is 16.8. The monoisotopic (exact) mass is 335 g/mol. The second-order valence-corrected chi connectivity index (χ2v) is 5.32. The summed E-state index contributed by atoms with van der Waals surface area (Å²) >= 11 is 1.17. The Labute approximate surface area is 137 Å². The molecule has 0 spiro atoms. The van der Waals surface area contributed by atoms with Gasteiger partial charge in [0.25, 0.3) is 5.91 Å². The average Bonchev–Trinajstić information content (AvgIpc) is 2.94. The van der Waals surface area contributed by atoms with E-state index in [1.165, 1.54) is 18.6 Å². The number of carbonyl (C=O) groups excluding carboxylic acids is 2. The second-order valence-electron chi connectivity index (χ2n) is 4.55. The number of benzene rings is 1. The van der Waals surface area contributed by atoms with Crippen LogP contribution in [0.2, 0.25) is 0 Å². The summed E-state index contributed by atoms with van der Waals surface area (Å²) in [6.45, 7) is 1.32. The quantitative estimate of drug-likeness (QED) is 0.787. The molecule has 2 N–H and O–H groups in total. The number of rotatable bonds is 6. The predicted octanol–water partition coefficient (Wildman–Crippen LogP) is 2.30. The number of ether oxygens (including phenoxy) is 2. The van der Waals surface area contributed by atoms with Crippen LogP contribution in [0.25, 0.3) is 0 Å². The van der Waals surface area contributed by atoms with Crippen LogP contribution in [-0.2, 0) is 9.53 Å². The van der Waals surface area contributed by atoms with Gasteiger partial charge in [0.05, 0.1) is 18.5 Å². The molecule has 2 rings (SSSR count). The number of nitrogens with one attached hydrogen (secondary N) is 2. The van der Waals surface area contributed by atoms with E-state index in [4.69, 9.17) is 9.47 Å². The molecular weight excluding hydrogens is 318 g/mol. The van der Waals surface area contributed by atoms with Crippen molar-refractivity contribution in [3.05, 3.63) is 35.5 Å². The number of amides is 1. The summed E-state index contributed by atoms with van der Waals surface area (Å²) in [5.41, 5.74) is 1.43. The zero-order valence-corrected chi connectivity index (χ0v) is 13.8. The standard InChI is InChI=1S/C15H17N3O4S/c1-9-13(14(16-2)23-18-9)15(20)22-8-12(19)17-10-6-4-5-7-11(10)21-3/h4-7,16H,8H2,1-3H3,(H,17,19). The third-order valence-electron chi connectivity index (χ3n) is 3.01. The molecule has 122 valence electrons. The normalized spacial score (nSPS) is 10.0. The van der Waals surface area contributed by atoms with Crippen molar-refractivity contribution in [3.8, 4) is 5.75 Å². The fourth-order valence-corrected chi connectivity index (χ4v) is 2.65. The number of anilines is 2.